The van der Waals surface area contributed by atoms with Crippen molar-refractivity contribution in [2.75, 3.05) is 38.2 Å². The van der Waals surface area contributed by atoms with E-state index in [1.54, 1.807) is 6.07 Å². The Hall–Kier alpha value is -4.39. The number of halogens is 1. The summed E-state index contributed by atoms with van der Waals surface area (Å²) in [6.07, 6.45) is 7.49. The summed E-state index contributed by atoms with van der Waals surface area (Å²) in [6, 6.07) is 13.8. The van der Waals surface area contributed by atoms with Gasteiger partial charge in [0.25, 0.3) is 0 Å². The van der Waals surface area contributed by atoms with Crippen LogP contribution < -0.4 is 21.3 Å². The van der Waals surface area contributed by atoms with Crippen molar-refractivity contribution in [3.8, 4) is 11.1 Å². The molecule has 4 aromatic rings. The van der Waals surface area contributed by atoms with Crippen molar-refractivity contribution in [1.29, 1.82) is 0 Å². The maximum Gasteiger partial charge on any atom is 0.224 e. The summed E-state index contributed by atoms with van der Waals surface area (Å²) in [4.78, 5) is 35.2. The number of anilines is 1. The largest absolute Gasteiger partial charge is 0.381 e. The summed E-state index contributed by atoms with van der Waals surface area (Å²) >= 11 is 0. The van der Waals surface area contributed by atoms with Crippen LogP contribution in [0.25, 0.3) is 22.2 Å². The first kappa shape index (κ1) is 38.9. The Morgan fingerprint density at radius 2 is 1.73 bits per heavy atom. The standard InChI is InChI=1S/C43H57FN8O3/c1-4-39-36(40(49-32-15-19-55-20-16-32)37-25-48-52(5-2)41(37)50-39)24-47-43(54)34-12-7-6-11-33(34)42(53)46-23-29-13-14-38(44)35(22-29)31-10-8-9-30(21-31)27-51-18-17-45-28(3)26-51/h8-10,13-14,21-22,25,28,32-34,45H,4-7,11-12,15-20,23-24,26-27H2,1-3H3,(H,46,53)(H,47,54)(H,49,50)/t28-,33+,34-/m0/s1. The van der Waals surface area contributed by atoms with Gasteiger partial charge in [-0.1, -0.05) is 44.0 Å². The number of rotatable bonds is 13. The summed E-state index contributed by atoms with van der Waals surface area (Å²) in [5.41, 5.74) is 7.02. The number of fused-ring (bicyclic) bond motifs is 1. The fourth-order valence-electron chi connectivity index (χ4n) is 8.64. The molecule has 3 aliphatic rings. The minimum absolute atomic E-state index is 0.109. The molecule has 0 unspecified atom stereocenters. The van der Waals surface area contributed by atoms with E-state index < -0.39 is 11.8 Å². The molecule has 4 heterocycles. The third kappa shape index (κ3) is 9.19. The molecule has 4 N–H and O–H groups in total. The van der Waals surface area contributed by atoms with Crippen molar-refractivity contribution in [3.05, 3.63) is 76.9 Å². The van der Waals surface area contributed by atoms with E-state index in [1.807, 2.05) is 29.1 Å². The summed E-state index contributed by atoms with van der Waals surface area (Å²) in [6.45, 7) is 12.8. The van der Waals surface area contributed by atoms with Gasteiger partial charge in [0, 0.05) is 99.8 Å². The zero-order valence-electron chi connectivity index (χ0n) is 32.6. The minimum atomic E-state index is -0.438. The van der Waals surface area contributed by atoms with Crippen LogP contribution in [-0.2, 0) is 46.9 Å². The lowest BCUT2D eigenvalue weighted by Gasteiger charge is -2.31. The molecule has 3 fully saturated rings. The van der Waals surface area contributed by atoms with Gasteiger partial charge in [0.15, 0.2) is 5.65 Å². The molecular formula is C43H57FN8O3. The quantitative estimate of drug-likeness (QED) is 0.132. The number of carbonyl (C=O) groups is 2. The molecule has 2 saturated heterocycles. The van der Waals surface area contributed by atoms with E-state index in [0.29, 0.717) is 57.2 Å². The lowest BCUT2D eigenvalue weighted by molar-refractivity contribution is -0.136. The average molecular weight is 753 g/mol. The van der Waals surface area contributed by atoms with E-state index in [2.05, 4.69) is 64.2 Å². The fourth-order valence-corrected chi connectivity index (χ4v) is 8.64. The number of aryl methyl sites for hydroxylation is 2. The monoisotopic (exact) mass is 752 g/mol. The number of benzene rings is 2. The van der Waals surface area contributed by atoms with Crippen LogP contribution in [0.4, 0.5) is 10.1 Å². The molecule has 2 aliphatic heterocycles. The first-order valence-electron chi connectivity index (χ1n) is 20.4. The topological polar surface area (TPSA) is 125 Å². The van der Waals surface area contributed by atoms with Crippen molar-refractivity contribution in [2.45, 2.75) is 104 Å². The van der Waals surface area contributed by atoms with Gasteiger partial charge in [-0.15, -0.1) is 0 Å². The summed E-state index contributed by atoms with van der Waals surface area (Å²) in [7, 11) is 0. The van der Waals surface area contributed by atoms with Gasteiger partial charge in [0.1, 0.15) is 5.82 Å². The molecule has 0 radical (unpaired) electrons. The highest BCUT2D eigenvalue weighted by Gasteiger charge is 2.36. The number of carbonyl (C=O) groups excluding carboxylic acids is 2. The molecule has 7 rings (SSSR count). The number of nitrogens with one attached hydrogen (secondary N) is 4. The third-order valence-electron chi connectivity index (χ3n) is 11.6. The van der Waals surface area contributed by atoms with Gasteiger partial charge in [-0.2, -0.15) is 5.10 Å². The molecule has 2 aromatic heterocycles. The number of nitrogens with zero attached hydrogens (tertiary/aromatic N) is 4. The molecule has 1 aliphatic carbocycles. The normalized spacial score (nSPS) is 21.1. The van der Waals surface area contributed by atoms with Crippen molar-refractivity contribution in [2.24, 2.45) is 11.8 Å². The van der Waals surface area contributed by atoms with Crippen molar-refractivity contribution >= 4 is 28.5 Å². The van der Waals surface area contributed by atoms with E-state index >= 15 is 4.39 Å². The van der Waals surface area contributed by atoms with Crippen LogP contribution in [0.1, 0.15) is 81.7 Å². The van der Waals surface area contributed by atoms with Gasteiger partial charge in [0.05, 0.1) is 17.3 Å². The number of pyridine rings is 1. The lowest BCUT2D eigenvalue weighted by Crippen LogP contribution is -2.48. The Balaban J connectivity index is 1.02. The zero-order valence-corrected chi connectivity index (χ0v) is 32.6. The van der Waals surface area contributed by atoms with Crippen LogP contribution in [0.3, 0.4) is 0 Å². The van der Waals surface area contributed by atoms with E-state index in [9.17, 15) is 9.59 Å². The van der Waals surface area contributed by atoms with E-state index in [1.165, 1.54) is 6.07 Å². The van der Waals surface area contributed by atoms with Crippen LogP contribution >= 0.6 is 0 Å². The molecule has 2 amide bonds. The molecule has 2 aromatic carbocycles. The number of amides is 2. The first-order chi connectivity index (χ1) is 26.8. The maximum atomic E-state index is 15.2. The Kier molecular flexibility index (Phi) is 12.7. The van der Waals surface area contributed by atoms with Crippen molar-refractivity contribution < 1.29 is 18.7 Å². The van der Waals surface area contributed by atoms with Crippen LogP contribution in [0.2, 0.25) is 0 Å². The number of piperazine rings is 1. The predicted octanol–water partition coefficient (Wildman–Crippen LogP) is 5.94. The highest BCUT2D eigenvalue weighted by Crippen LogP contribution is 2.34. The molecule has 1 saturated carbocycles. The SMILES string of the molecule is CCc1nc2c(cnn2CC)c(NC2CCOCC2)c1CNC(=O)[C@H]1CCCC[C@H]1C(=O)NCc1ccc(F)c(-c2cccc(CN3CCN[C@@H](C)C3)c2)c1. The highest BCUT2D eigenvalue weighted by molar-refractivity contribution is 5.92. The van der Waals surface area contributed by atoms with Crippen LogP contribution in [-0.4, -0.2) is 76.4 Å². The molecule has 0 bridgehead atoms. The van der Waals surface area contributed by atoms with Gasteiger partial charge in [-0.25, -0.2) is 14.1 Å². The van der Waals surface area contributed by atoms with Crippen LogP contribution in [0, 0.1) is 17.7 Å². The molecule has 3 atom stereocenters. The van der Waals surface area contributed by atoms with Gasteiger partial charge in [0.2, 0.25) is 11.8 Å². The molecule has 0 spiro atoms. The molecule has 11 nitrogen and oxygen atoms in total. The number of hydrogen-bond donors (Lipinski definition) is 4. The highest BCUT2D eigenvalue weighted by atomic mass is 19.1. The second-order valence-corrected chi connectivity index (χ2v) is 15.5. The average Bonchev–Trinajstić information content (AvgIpc) is 3.63. The second-order valence-electron chi connectivity index (χ2n) is 15.5. The van der Waals surface area contributed by atoms with Gasteiger partial charge in [-0.05, 0) is 80.8 Å². The Morgan fingerprint density at radius 1 is 0.964 bits per heavy atom. The molecule has 55 heavy (non-hydrogen) atoms. The zero-order chi connectivity index (χ0) is 38.3. The van der Waals surface area contributed by atoms with Gasteiger partial charge in [-0.3, -0.25) is 14.5 Å². The number of aromatic nitrogens is 3. The Labute approximate surface area is 324 Å². The second kappa shape index (κ2) is 18.0. The summed E-state index contributed by atoms with van der Waals surface area (Å²) in [5.74, 6) is -1.41. The minimum Gasteiger partial charge on any atom is -0.381 e. The molecule has 294 valence electrons. The van der Waals surface area contributed by atoms with Crippen LogP contribution in [0.15, 0.2) is 48.7 Å². The lowest BCUT2D eigenvalue weighted by atomic mass is 9.78. The van der Waals surface area contributed by atoms with Crippen molar-refractivity contribution in [1.82, 2.24) is 35.6 Å². The van der Waals surface area contributed by atoms with Gasteiger partial charge >= 0.3 is 0 Å². The number of ether oxygens (including phenoxy) is 1. The summed E-state index contributed by atoms with van der Waals surface area (Å²) in [5, 5.41) is 19.2. The third-order valence-corrected chi connectivity index (χ3v) is 11.6. The smallest absolute Gasteiger partial charge is 0.224 e. The number of hydrogen-bond acceptors (Lipinski definition) is 8. The van der Waals surface area contributed by atoms with Crippen molar-refractivity contribution in [3.63, 3.8) is 0 Å². The Bertz CT molecular complexity index is 1960. The van der Waals surface area contributed by atoms with Crippen LogP contribution in [0.5, 0.6) is 0 Å². The van der Waals surface area contributed by atoms with E-state index in [-0.39, 0.29) is 30.2 Å². The van der Waals surface area contributed by atoms with Gasteiger partial charge < -0.3 is 26.0 Å². The predicted molar refractivity (Wildman–Crippen MR) is 214 cm³/mol. The molecule has 12 heteroatoms. The molecular weight excluding hydrogens is 696 g/mol. The summed E-state index contributed by atoms with van der Waals surface area (Å²) < 4.78 is 22.8. The van der Waals surface area contributed by atoms with E-state index in [0.717, 1.165) is 96.5 Å². The van der Waals surface area contributed by atoms with E-state index in [4.69, 9.17) is 9.72 Å². The fraction of sp³-hybridized carbons (Fsp3) is 0.535. The first-order valence-corrected chi connectivity index (χ1v) is 20.4. The maximum absolute atomic E-state index is 15.2. The Morgan fingerprint density at radius 3 is 2.45 bits per heavy atom.